The van der Waals surface area contributed by atoms with Crippen molar-refractivity contribution in [2.45, 2.75) is 109 Å². The minimum absolute atomic E-state index is 0.00915. The topological polar surface area (TPSA) is 367 Å². The zero-order valence-corrected chi connectivity index (χ0v) is 50.9. The molecule has 0 unspecified atom stereocenters. The number of carbonyl (C=O) groups excluding carboxylic acids is 10. The second kappa shape index (κ2) is 31.8. The zero-order chi connectivity index (χ0) is 65.4. The number of hydrogen-bond acceptors (Lipinski definition) is 18. The quantitative estimate of drug-likeness (QED) is 0.0160. The molecule has 0 saturated carbocycles. The monoisotopic (exact) mass is 1260 g/mol. The van der Waals surface area contributed by atoms with Crippen molar-refractivity contribution in [1.82, 2.24) is 45.5 Å². The number of cyclic esters (lactones) is 1. The van der Waals surface area contributed by atoms with Gasteiger partial charge in [0.05, 0.1) is 107 Å². The Balaban J connectivity index is 0.860. The number of ether oxygens (including phenoxy) is 4. The highest BCUT2D eigenvalue weighted by Crippen LogP contribution is 2.46. The van der Waals surface area contributed by atoms with E-state index in [1.807, 2.05) is 0 Å². The second-order valence-corrected chi connectivity index (χ2v) is 22.5. The van der Waals surface area contributed by atoms with Crippen molar-refractivity contribution in [3.05, 3.63) is 110 Å². The van der Waals surface area contributed by atoms with Crippen LogP contribution < -0.4 is 32.6 Å². The smallest absolute Gasteiger partial charge is 0.343 e. The number of fused-ring (bicyclic) bond motifs is 5. The van der Waals surface area contributed by atoms with E-state index >= 15 is 4.39 Å². The molecular formula is C63H77FN10O17. The number of nitrogens with zero attached hydrogens (tertiary/aromatic N) is 5. The summed E-state index contributed by atoms with van der Waals surface area (Å²) in [5.74, 6) is -6.87. The Morgan fingerprint density at radius 3 is 2.21 bits per heavy atom. The van der Waals surface area contributed by atoms with Crippen LogP contribution in [0.25, 0.3) is 22.3 Å². The predicted molar refractivity (Wildman–Crippen MR) is 322 cm³/mol. The van der Waals surface area contributed by atoms with Gasteiger partial charge in [0.1, 0.15) is 18.5 Å². The summed E-state index contributed by atoms with van der Waals surface area (Å²) in [7, 11) is 0. The molecule has 28 heteroatoms. The molecule has 27 nitrogen and oxygen atoms in total. The molecule has 0 spiro atoms. The summed E-state index contributed by atoms with van der Waals surface area (Å²) in [6, 6.07) is 9.57. The van der Waals surface area contributed by atoms with E-state index in [4.69, 9.17) is 34.8 Å². The molecule has 4 aliphatic rings. The molecule has 2 aromatic heterocycles. The lowest BCUT2D eigenvalue weighted by atomic mass is 9.81. The second-order valence-electron chi connectivity index (χ2n) is 22.5. The van der Waals surface area contributed by atoms with Crippen molar-refractivity contribution >= 4 is 70.0 Å². The number of aliphatic hydroxyl groups is 2. The van der Waals surface area contributed by atoms with Gasteiger partial charge in [0.2, 0.25) is 41.4 Å². The number of rotatable bonds is 35. The highest BCUT2D eigenvalue weighted by molar-refractivity contribution is 6.12. The number of aliphatic hydroxyl groups excluding tert-OH is 1. The largest absolute Gasteiger partial charge is 0.458 e. The third-order valence-corrected chi connectivity index (χ3v) is 16.4. The van der Waals surface area contributed by atoms with E-state index in [1.165, 1.54) is 27.7 Å². The molecule has 0 radical (unpaired) electrons. The van der Waals surface area contributed by atoms with E-state index in [1.54, 1.807) is 50.2 Å². The number of unbranched alkanes of at least 4 members (excludes halogenated alkanes) is 2. The van der Waals surface area contributed by atoms with Crippen molar-refractivity contribution in [3.63, 3.8) is 0 Å². The van der Waals surface area contributed by atoms with Crippen LogP contribution in [0.2, 0.25) is 0 Å². The molecule has 3 atom stereocenters. The van der Waals surface area contributed by atoms with Gasteiger partial charge in [0, 0.05) is 73.6 Å². The van der Waals surface area contributed by atoms with E-state index in [2.05, 4.69) is 21.3 Å². The van der Waals surface area contributed by atoms with Gasteiger partial charge in [0.25, 0.3) is 17.4 Å². The molecule has 91 heavy (non-hydrogen) atoms. The Labute approximate surface area is 523 Å². The van der Waals surface area contributed by atoms with Crippen LogP contribution in [0.4, 0.5) is 4.39 Å². The third-order valence-electron chi connectivity index (χ3n) is 16.4. The molecule has 488 valence electrons. The van der Waals surface area contributed by atoms with E-state index in [9.17, 15) is 57.8 Å². The Kier molecular flexibility index (Phi) is 23.8. The number of aromatic nitrogens is 2. The lowest BCUT2D eigenvalue weighted by molar-refractivity contribution is -0.172. The predicted octanol–water partition coefficient (Wildman–Crippen LogP) is 0.0407. The molecule has 0 saturated heterocycles. The van der Waals surface area contributed by atoms with Gasteiger partial charge >= 0.3 is 5.97 Å². The van der Waals surface area contributed by atoms with Crippen LogP contribution >= 0.6 is 0 Å². The third kappa shape index (κ3) is 17.0. The summed E-state index contributed by atoms with van der Waals surface area (Å²) in [6.45, 7) is 1.79. The minimum atomic E-state index is -2.08. The van der Waals surface area contributed by atoms with Crippen molar-refractivity contribution < 1.29 is 81.5 Å². The van der Waals surface area contributed by atoms with Crippen LogP contribution in [0.3, 0.4) is 0 Å². The van der Waals surface area contributed by atoms with Crippen molar-refractivity contribution in [2.24, 2.45) is 5.73 Å². The van der Waals surface area contributed by atoms with Gasteiger partial charge in [0.15, 0.2) is 5.60 Å². The van der Waals surface area contributed by atoms with E-state index in [-0.39, 0.29) is 128 Å². The Morgan fingerprint density at radius 2 is 1.51 bits per heavy atom. The summed E-state index contributed by atoms with van der Waals surface area (Å²) in [6.07, 6.45) is 4.24. The molecule has 5 heterocycles. The van der Waals surface area contributed by atoms with Crippen LogP contribution in [0.15, 0.2) is 59.4 Å². The maximum atomic E-state index is 15.6. The number of nitrogens with two attached hydrogens (primary N) is 1. The fraction of sp³-hybridized carbons (Fsp3) is 0.492. The minimum Gasteiger partial charge on any atom is -0.458 e. The van der Waals surface area contributed by atoms with Gasteiger partial charge in [-0.2, -0.15) is 0 Å². The lowest BCUT2D eigenvalue weighted by Gasteiger charge is -2.31. The molecule has 2 aromatic carbocycles. The number of pyridine rings is 2. The first-order chi connectivity index (χ1) is 43.7. The number of amides is 9. The van der Waals surface area contributed by atoms with Crippen molar-refractivity contribution in [1.29, 1.82) is 0 Å². The summed E-state index contributed by atoms with van der Waals surface area (Å²) < 4.78 is 38.5. The fourth-order valence-electron chi connectivity index (χ4n) is 11.6. The highest BCUT2D eigenvalue weighted by atomic mass is 19.1. The molecule has 8 N–H and O–H groups in total. The van der Waals surface area contributed by atoms with Gasteiger partial charge in [-0.25, -0.2) is 14.2 Å². The average Bonchev–Trinajstić information content (AvgIpc) is 1.63. The normalized spacial score (nSPS) is 16.4. The first-order valence-corrected chi connectivity index (χ1v) is 30.4. The lowest BCUT2D eigenvalue weighted by Crippen LogP contribution is -2.53. The van der Waals surface area contributed by atoms with Crippen LogP contribution in [0, 0.1) is 12.7 Å². The Morgan fingerprint density at radius 1 is 0.813 bits per heavy atom. The first-order valence-electron chi connectivity index (χ1n) is 30.4. The van der Waals surface area contributed by atoms with E-state index < -0.39 is 108 Å². The van der Waals surface area contributed by atoms with Crippen LogP contribution in [0.1, 0.15) is 103 Å². The number of primary amides is 1. The van der Waals surface area contributed by atoms with Crippen LogP contribution in [-0.4, -0.2) is 192 Å². The molecule has 3 aliphatic heterocycles. The molecule has 4 aromatic rings. The maximum absolute atomic E-state index is 15.6. The van der Waals surface area contributed by atoms with Gasteiger partial charge in [-0.05, 0) is 73.8 Å². The fourth-order valence-corrected chi connectivity index (χ4v) is 11.6. The van der Waals surface area contributed by atoms with E-state index in [0.29, 0.717) is 82.2 Å². The highest BCUT2D eigenvalue weighted by Gasteiger charge is 2.46. The summed E-state index contributed by atoms with van der Waals surface area (Å²) in [5, 5.41) is 31.5. The standard InChI is InChI=1S/C63H77FN10O17/c1-3-63(87)43-30-48-59-41(34-74(48)60(84)42(43)37-91-62(63)86)58-45(16-15-40-38(2)44(64)31-46(70-59)57(40)58)68-50(77)13-10-19-72(35-49(65)76)61(85)47(29-39-11-6-4-7-12-39)69-52(79)33-66-51(78)32-67-53(80)36-71(21-23-88-25-27-90-28-26-89-24-22-75)54(81)14-8-5-9-20-73-55(82)17-18-56(73)83/h4,6-7,11-12,17-18,30-31,45,47,75,87H,3,5,8-10,13-16,19-29,32-37H2,1-2H3,(H2,65,76)(H,66,78)(H,67,80)(H,68,77)(H,69,79)/t45-,47-,63-/m0/s1. The first kappa shape index (κ1) is 68.1. The Bertz CT molecular complexity index is 3510. The average molecular weight is 1270 g/mol. The van der Waals surface area contributed by atoms with Crippen molar-refractivity contribution in [2.75, 3.05) is 92.1 Å². The molecular weight excluding hydrogens is 1190 g/mol. The number of hydrogen-bond donors (Lipinski definition) is 7. The number of aryl methyl sites for hydroxylation is 1. The Hall–Kier alpha value is -8.83. The molecule has 1 aliphatic carbocycles. The summed E-state index contributed by atoms with van der Waals surface area (Å²) >= 11 is 0. The number of esters is 1. The van der Waals surface area contributed by atoms with Crippen LogP contribution in [-0.2, 0) is 98.5 Å². The van der Waals surface area contributed by atoms with E-state index in [0.717, 1.165) is 9.80 Å². The number of nitrogens with one attached hydrogen (secondary N) is 4. The summed E-state index contributed by atoms with van der Waals surface area (Å²) in [5.41, 5.74) is 7.23. The van der Waals surface area contributed by atoms with Gasteiger partial charge in [-0.3, -0.25) is 52.8 Å². The number of imide groups is 1. The summed E-state index contributed by atoms with van der Waals surface area (Å²) in [4.78, 5) is 153. The number of halogens is 1. The zero-order valence-electron chi connectivity index (χ0n) is 50.9. The maximum Gasteiger partial charge on any atom is 0.343 e. The van der Waals surface area contributed by atoms with Gasteiger partial charge in [-0.1, -0.05) is 43.7 Å². The van der Waals surface area contributed by atoms with Crippen LogP contribution in [0.5, 0.6) is 0 Å². The molecule has 8 rings (SSSR count). The van der Waals surface area contributed by atoms with Gasteiger partial charge in [-0.15, -0.1) is 0 Å². The number of benzene rings is 2. The number of carbonyl (C=O) groups is 10. The van der Waals surface area contributed by atoms with Gasteiger partial charge < -0.3 is 70.5 Å². The SMILES string of the molecule is CC[C@@]1(O)C(=O)OCc2c1cc1n(c2=O)Cc2c-1nc1cc(F)c(C)c3c1c2[C@@H](NC(=O)CCCN(CC(N)=O)C(=O)[C@H](Cc1ccccc1)NC(=O)CNC(=O)CNC(=O)CN(CCOCCOCCOCCO)C(=O)CCCCCN1C(=O)C=CC1=O)CC3. The van der Waals surface area contributed by atoms with Crippen molar-refractivity contribution in [3.8, 4) is 11.4 Å². The molecule has 0 bridgehead atoms. The molecule has 0 fully saturated rings. The molecule has 9 amide bonds.